The number of aliphatic hydroxyl groups excluding tert-OH is 1. The predicted octanol–water partition coefficient (Wildman–Crippen LogP) is 5.80. The molecule has 0 aliphatic heterocycles. The van der Waals surface area contributed by atoms with Gasteiger partial charge in [-0.05, 0) is 161 Å². The van der Waals surface area contributed by atoms with Crippen molar-refractivity contribution in [2.24, 2.45) is 63.9 Å². The Hall–Kier alpha value is -0.290. The molecule has 8 unspecified atom stereocenters. The lowest BCUT2D eigenvalue weighted by Gasteiger charge is -2.66. The molecule has 4 aliphatic rings. The van der Waals surface area contributed by atoms with Gasteiger partial charge in [0.05, 0.1) is 12.2 Å². The van der Waals surface area contributed by atoms with Crippen LogP contribution in [0.25, 0.3) is 0 Å². The van der Waals surface area contributed by atoms with E-state index in [-0.39, 0.29) is 22.9 Å². The summed E-state index contributed by atoms with van der Waals surface area (Å²) in [6.07, 6.45) is 12.4. The molecule has 6 N–H and O–H groups in total. The molecular formula is C35H67N3O5S. The first-order valence-electron chi connectivity index (χ1n) is 18.2. The van der Waals surface area contributed by atoms with E-state index in [1.54, 1.807) is 0 Å². The first-order valence-corrected chi connectivity index (χ1v) is 19.5. The van der Waals surface area contributed by atoms with Crippen LogP contribution in [0.5, 0.6) is 0 Å². The molecule has 12 atom stereocenters. The number of nitrogens with two attached hydrogens (primary N) is 1. The molecule has 4 aliphatic carbocycles. The summed E-state index contributed by atoms with van der Waals surface area (Å²) in [5.41, 5.74) is 6.01. The number of unbranched alkanes of at least 4 members (excludes halogenated alkanes) is 1. The summed E-state index contributed by atoms with van der Waals surface area (Å²) in [6.45, 7) is 17.7. The van der Waals surface area contributed by atoms with Crippen LogP contribution in [0.2, 0.25) is 0 Å². The molecular weight excluding hydrogens is 574 g/mol. The van der Waals surface area contributed by atoms with Gasteiger partial charge in [-0.3, -0.25) is 4.55 Å². The minimum Gasteiger partial charge on any atom is -0.393 e. The van der Waals surface area contributed by atoms with Gasteiger partial charge in [0.2, 0.25) is 0 Å². The zero-order chi connectivity index (χ0) is 32.3. The van der Waals surface area contributed by atoms with E-state index in [9.17, 15) is 18.1 Å². The fourth-order valence-corrected chi connectivity index (χ4v) is 11.6. The van der Waals surface area contributed by atoms with E-state index in [0.29, 0.717) is 53.9 Å². The van der Waals surface area contributed by atoms with Crippen molar-refractivity contribution in [2.45, 2.75) is 137 Å². The maximum Gasteiger partial charge on any atom is 0.397 e. The standard InChI is InChI=1S/C35H67N3O5S/c1-23(2)31(43-44(40,41)42)13-10-24(3)27-11-12-28-32(27)25(4)20-29-33(28)30(39)22-34(5)21-26(14-15-35(29,34)6)38-19-9-18-37-17-8-7-16-36/h23-33,37-39H,7-22,36H2,1-6H3,(H,40,41,42)/t24-,25?,26-,27?,28?,29?,30?,31?,32?,33?,34+,35+/m0/s1. The van der Waals surface area contributed by atoms with Gasteiger partial charge in [-0.2, -0.15) is 8.42 Å². The second-order valence-corrected chi connectivity index (χ2v) is 17.5. The summed E-state index contributed by atoms with van der Waals surface area (Å²) < 4.78 is 37.2. The third-order valence-corrected chi connectivity index (χ3v) is 14.0. The average Bonchev–Trinajstić information content (AvgIpc) is 3.39. The maximum absolute atomic E-state index is 11.9. The zero-order valence-corrected chi connectivity index (χ0v) is 29.6. The van der Waals surface area contributed by atoms with Gasteiger partial charge in [0, 0.05) is 6.04 Å². The van der Waals surface area contributed by atoms with E-state index in [4.69, 9.17) is 9.92 Å². The quantitative estimate of drug-likeness (QED) is 0.106. The van der Waals surface area contributed by atoms with Gasteiger partial charge in [-0.15, -0.1) is 0 Å². The number of fused-ring (bicyclic) bond motifs is 5. The first-order chi connectivity index (χ1) is 20.7. The Morgan fingerprint density at radius 1 is 0.977 bits per heavy atom. The van der Waals surface area contributed by atoms with Gasteiger partial charge in [-0.25, -0.2) is 4.18 Å². The Bertz CT molecular complexity index is 1010. The predicted molar refractivity (Wildman–Crippen MR) is 178 cm³/mol. The fourth-order valence-electron chi connectivity index (χ4n) is 11.0. The van der Waals surface area contributed by atoms with Crippen molar-refractivity contribution in [3.63, 3.8) is 0 Å². The van der Waals surface area contributed by atoms with Gasteiger partial charge in [-0.1, -0.05) is 41.5 Å². The fraction of sp³-hybridized carbons (Fsp3) is 1.00. The van der Waals surface area contributed by atoms with Gasteiger partial charge < -0.3 is 21.5 Å². The van der Waals surface area contributed by atoms with Gasteiger partial charge >= 0.3 is 10.4 Å². The van der Waals surface area contributed by atoms with Gasteiger partial charge in [0.1, 0.15) is 0 Å². The Balaban J connectivity index is 1.35. The van der Waals surface area contributed by atoms with Crippen LogP contribution >= 0.6 is 0 Å². The third-order valence-electron chi connectivity index (χ3n) is 13.5. The van der Waals surface area contributed by atoms with Crippen molar-refractivity contribution in [1.29, 1.82) is 0 Å². The molecule has 4 rings (SSSR count). The molecule has 0 spiro atoms. The van der Waals surface area contributed by atoms with Crippen LogP contribution in [0, 0.1) is 58.2 Å². The topological polar surface area (TPSA) is 134 Å². The third kappa shape index (κ3) is 8.22. The Kier molecular flexibility index (Phi) is 12.7. The summed E-state index contributed by atoms with van der Waals surface area (Å²) in [5, 5.41) is 19.4. The van der Waals surface area contributed by atoms with E-state index >= 15 is 0 Å². The molecule has 0 saturated heterocycles. The maximum atomic E-state index is 11.9. The van der Waals surface area contributed by atoms with Crippen molar-refractivity contribution >= 4 is 10.4 Å². The molecule has 0 heterocycles. The van der Waals surface area contributed by atoms with Crippen LogP contribution in [0.3, 0.4) is 0 Å². The molecule has 0 aromatic heterocycles. The van der Waals surface area contributed by atoms with Gasteiger partial charge in [0.25, 0.3) is 0 Å². The summed E-state index contributed by atoms with van der Waals surface area (Å²) in [5.74, 6) is 3.87. The zero-order valence-electron chi connectivity index (χ0n) is 28.8. The summed E-state index contributed by atoms with van der Waals surface area (Å²) >= 11 is 0. The number of nitrogens with one attached hydrogen (secondary N) is 2. The highest BCUT2D eigenvalue weighted by Gasteiger charge is 2.64. The summed E-state index contributed by atoms with van der Waals surface area (Å²) in [6, 6.07) is 0.541. The number of rotatable bonds is 16. The molecule has 0 bridgehead atoms. The van der Waals surface area contributed by atoms with E-state index in [1.165, 1.54) is 38.5 Å². The van der Waals surface area contributed by atoms with Crippen molar-refractivity contribution in [3.8, 4) is 0 Å². The average molecular weight is 642 g/mol. The van der Waals surface area contributed by atoms with Crippen molar-refractivity contribution in [3.05, 3.63) is 0 Å². The molecule has 44 heavy (non-hydrogen) atoms. The minimum absolute atomic E-state index is 0.0149. The van der Waals surface area contributed by atoms with Crippen LogP contribution in [0.4, 0.5) is 0 Å². The van der Waals surface area contributed by atoms with E-state index < -0.39 is 16.5 Å². The molecule has 0 amide bonds. The van der Waals surface area contributed by atoms with Crippen molar-refractivity contribution in [1.82, 2.24) is 10.6 Å². The smallest absolute Gasteiger partial charge is 0.393 e. The lowest BCUT2D eigenvalue weighted by Crippen LogP contribution is -2.63. The molecule has 258 valence electrons. The molecule has 0 aromatic carbocycles. The monoisotopic (exact) mass is 641 g/mol. The highest BCUT2D eigenvalue weighted by atomic mass is 32.3. The molecule has 4 saturated carbocycles. The SMILES string of the molecule is CC(C)C(CC[C@H](C)C1CCC2C1C(C)CC1C2C(O)C[C@@]2(C)C[C@@H](NCCCNCCCCN)CC[C@]12C)OS(=O)(=O)O. The van der Waals surface area contributed by atoms with Crippen LogP contribution < -0.4 is 16.4 Å². The van der Waals surface area contributed by atoms with Crippen LogP contribution in [-0.4, -0.2) is 62.5 Å². The lowest BCUT2D eigenvalue weighted by atomic mass is 9.40. The van der Waals surface area contributed by atoms with E-state index in [1.807, 2.05) is 13.8 Å². The molecule has 9 heteroatoms. The number of hydrogen-bond donors (Lipinski definition) is 5. The molecule has 0 radical (unpaired) electrons. The second-order valence-electron chi connectivity index (χ2n) is 16.5. The Labute approximate surface area is 269 Å². The normalized spacial score (nSPS) is 40.3. The lowest BCUT2D eigenvalue weighted by molar-refractivity contribution is -0.198. The van der Waals surface area contributed by atoms with Crippen LogP contribution in [0.15, 0.2) is 0 Å². The van der Waals surface area contributed by atoms with Crippen LogP contribution in [0.1, 0.15) is 119 Å². The van der Waals surface area contributed by atoms with Gasteiger partial charge in [0.15, 0.2) is 0 Å². The largest absolute Gasteiger partial charge is 0.397 e. The second kappa shape index (κ2) is 15.3. The minimum atomic E-state index is -4.46. The van der Waals surface area contributed by atoms with E-state index in [0.717, 1.165) is 58.3 Å². The van der Waals surface area contributed by atoms with Crippen LogP contribution in [-0.2, 0) is 14.6 Å². The highest BCUT2D eigenvalue weighted by molar-refractivity contribution is 7.80. The Morgan fingerprint density at radius 2 is 1.70 bits per heavy atom. The summed E-state index contributed by atoms with van der Waals surface area (Å²) in [4.78, 5) is 0. The molecule has 4 fully saturated rings. The molecule has 8 nitrogen and oxygen atoms in total. The Morgan fingerprint density at radius 3 is 2.39 bits per heavy atom. The summed E-state index contributed by atoms with van der Waals surface area (Å²) in [7, 11) is -4.46. The molecule has 0 aromatic rings. The number of aliphatic hydroxyl groups is 1. The van der Waals surface area contributed by atoms with E-state index in [2.05, 4.69) is 38.3 Å². The van der Waals surface area contributed by atoms with Crippen molar-refractivity contribution in [2.75, 3.05) is 26.2 Å². The van der Waals surface area contributed by atoms with Crippen molar-refractivity contribution < 1.29 is 22.3 Å². The number of hydrogen-bond acceptors (Lipinski definition) is 7. The first kappa shape index (κ1) is 36.5. The highest BCUT2D eigenvalue weighted by Crippen LogP contribution is 2.69.